The van der Waals surface area contributed by atoms with E-state index in [2.05, 4.69) is 40.5 Å². The highest BCUT2D eigenvalue weighted by Crippen LogP contribution is 2.37. The maximum absolute atomic E-state index is 13.4. The van der Waals surface area contributed by atoms with E-state index in [1.165, 1.54) is 17.7 Å². The molecule has 26 heavy (non-hydrogen) atoms. The summed E-state index contributed by atoms with van der Waals surface area (Å²) in [5.74, 6) is -0.473. The first kappa shape index (κ1) is 18.1. The Hall–Kier alpha value is -2.66. The lowest BCUT2D eigenvalue weighted by Crippen LogP contribution is -2.14. The quantitative estimate of drug-likeness (QED) is 0.512. The highest BCUT2D eigenvalue weighted by molar-refractivity contribution is 9.10. The number of carbonyl (C=O) groups excluding carboxylic acids is 1. The fourth-order valence-corrected chi connectivity index (χ4v) is 3.37. The molecule has 0 radical (unpaired) electrons. The van der Waals surface area contributed by atoms with Crippen LogP contribution in [0.25, 0.3) is 11.1 Å². The third-order valence-electron chi connectivity index (χ3n) is 4.05. The minimum absolute atomic E-state index is 0.150. The van der Waals surface area contributed by atoms with Crippen LogP contribution in [0.4, 0.5) is 10.1 Å². The van der Waals surface area contributed by atoms with Crippen molar-refractivity contribution in [2.45, 2.75) is 6.42 Å². The zero-order valence-corrected chi connectivity index (χ0v) is 15.6. The lowest BCUT2D eigenvalue weighted by atomic mass is 10.0. The van der Waals surface area contributed by atoms with Crippen molar-refractivity contribution < 1.29 is 13.9 Å². The van der Waals surface area contributed by atoms with E-state index >= 15 is 0 Å². The highest BCUT2D eigenvalue weighted by Gasteiger charge is 2.16. The van der Waals surface area contributed by atoms with Crippen LogP contribution in [0.2, 0.25) is 0 Å². The Morgan fingerprint density at radius 2 is 2.00 bits per heavy atom. The molecule has 1 aliphatic rings. The average molecular weight is 414 g/mol. The Morgan fingerprint density at radius 1 is 1.27 bits per heavy atom. The molecular formula is C21H17BrFNO2. The summed E-state index contributed by atoms with van der Waals surface area (Å²) in [6.45, 7) is 7.34. The largest absolute Gasteiger partial charge is 0.493 e. The number of ether oxygens (including phenoxy) is 1. The van der Waals surface area contributed by atoms with Gasteiger partial charge in [-0.25, -0.2) is 4.39 Å². The molecule has 132 valence electrons. The number of carbonyl (C=O) groups is 1. The number of nitrogens with one attached hydrogen (secondary N) is 1. The molecule has 1 amide bonds. The molecule has 1 aliphatic heterocycles. The molecule has 0 spiro atoms. The fraction of sp³-hybridized carbons (Fsp3) is 0.0952. The van der Waals surface area contributed by atoms with Crippen LogP contribution >= 0.6 is 15.9 Å². The number of allylic oxidation sites excluding steroid dienone is 2. The SMILES string of the molecule is C=C/C=C(\C(=C)F)C(=O)Nc1ccc(-c2cc3c(cc2Br)CCO3)cc1. The van der Waals surface area contributed by atoms with Crippen molar-refractivity contribution in [3.05, 3.63) is 83.1 Å². The Balaban J connectivity index is 1.81. The summed E-state index contributed by atoms with van der Waals surface area (Å²) >= 11 is 3.60. The van der Waals surface area contributed by atoms with E-state index in [1.807, 2.05) is 18.2 Å². The molecule has 0 bridgehead atoms. The molecule has 2 aromatic carbocycles. The molecule has 0 saturated heterocycles. The standard InChI is InChI=1S/C21H17BrFNO2/c1-3-4-17(13(2)23)21(25)24-16-7-5-14(6-8-16)18-12-20-15(9-10-26-20)11-19(18)22/h3-8,11-12H,1-2,9-10H2,(H,24,25)/b17-4+. The van der Waals surface area contributed by atoms with Gasteiger partial charge in [-0.1, -0.05) is 47.3 Å². The van der Waals surface area contributed by atoms with Gasteiger partial charge < -0.3 is 10.1 Å². The Kier molecular flexibility index (Phi) is 5.38. The molecule has 2 aromatic rings. The van der Waals surface area contributed by atoms with Gasteiger partial charge >= 0.3 is 0 Å². The lowest BCUT2D eigenvalue weighted by molar-refractivity contribution is -0.112. The topological polar surface area (TPSA) is 38.3 Å². The fourth-order valence-electron chi connectivity index (χ4n) is 2.76. The summed E-state index contributed by atoms with van der Waals surface area (Å²) in [7, 11) is 0. The summed E-state index contributed by atoms with van der Waals surface area (Å²) in [5, 5.41) is 2.65. The predicted molar refractivity (Wildman–Crippen MR) is 106 cm³/mol. The van der Waals surface area contributed by atoms with E-state index in [0.29, 0.717) is 12.3 Å². The number of anilines is 1. The highest BCUT2D eigenvalue weighted by atomic mass is 79.9. The molecule has 0 atom stereocenters. The molecule has 1 heterocycles. The number of hydrogen-bond donors (Lipinski definition) is 1. The van der Waals surface area contributed by atoms with Gasteiger partial charge in [-0.2, -0.15) is 0 Å². The third-order valence-corrected chi connectivity index (χ3v) is 4.71. The number of hydrogen-bond acceptors (Lipinski definition) is 2. The van der Waals surface area contributed by atoms with Crippen LogP contribution in [0.1, 0.15) is 5.56 Å². The number of fused-ring (bicyclic) bond motifs is 1. The second kappa shape index (κ2) is 7.70. The number of amides is 1. The Morgan fingerprint density at radius 3 is 2.65 bits per heavy atom. The van der Waals surface area contributed by atoms with E-state index in [-0.39, 0.29) is 5.57 Å². The van der Waals surface area contributed by atoms with Gasteiger partial charge in [0.2, 0.25) is 0 Å². The van der Waals surface area contributed by atoms with Crippen molar-refractivity contribution >= 4 is 27.5 Å². The van der Waals surface area contributed by atoms with Crippen LogP contribution in [0, 0.1) is 0 Å². The Labute approximate surface area is 160 Å². The van der Waals surface area contributed by atoms with Crippen LogP contribution in [0.5, 0.6) is 5.75 Å². The maximum Gasteiger partial charge on any atom is 0.258 e. The molecule has 3 nitrogen and oxygen atoms in total. The van der Waals surface area contributed by atoms with Crippen LogP contribution in [0.15, 0.2) is 77.6 Å². The maximum atomic E-state index is 13.4. The van der Waals surface area contributed by atoms with Crippen molar-refractivity contribution in [3.8, 4) is 16.9 Å². The van der Waals surface area contributed by atoms with Crippen molar-refractivity contribution in [2.75, 3.05) is 11.9 Å². The minimum atomic E-state index is -0.805. The van der Waals surface area contributed by atoms with Crippen LogP contribution < -0.4 is 10.1 Å². The van der Waals surface area contributed by atoms with E-state index in [4.69, 9.17) is 4.74 Å². The van der Waals surface area contributed by atoms with Crippen molar-refractivity contribution in [3.63, 3.8) is 0 Å². The lowest BCUT2D eigenvalue weighted by Gasteiger charge is -2.10. The predicted octanol–water partition coefficient (Wildman–Crippen LogP) is 5.59. The van der Waals surface area contributed by atoms with Crippen molar-refractivity contribution in [1.29, 1.82) is 0 Å². The van der Waals surface area contributed by atoms with Gasteiger partial charge in [0.1, 0.15) is 11.6 Å². The zero-order valence-electron chi connectivity index (χ0n) is 14.0. The molecule has 0 saturated carbocycles. The summed E-state index contributed by atoms with van der Waals surface area (Å²) in [5.41, 5.74) is 3.58. The second-order valence-corrected chi connectivity index (χ2v) is 6.64. The van der Waals surface area contributed by atoms with Crippen molar-refractivity contribution in [2.24, 2.45) is 0 Å². The van der Waals surface area contributed by atoms with E-state index < -0.39 is 11.7 Å². The first-order chi connectivity index (χ1) is 12.5. The molecule has 3 rings (SSSR count). The summed E-state index contributed by atoms with van der Waals surface area (Å²) in [6.07, 6.45) is 3.55. The first-order valence-corrected chi connectivity index (χ1v) is 8.83. The van der Waals surface area contributed by atoms with E-state index in [0.717, 1.165) is 27.8 Å². The number of halogens is 2. The molecule has 0 unspecified atom stereocenters. The normalized spacial score (nSPS) is 12.9. The first-order valence-electron chi connectivity index (χ1n) is 8.04. The number of rotatable bonds is 5. The molecule has 0 fully saturated rings. The van der Waals surface area contributed by atoms with Gasteiger partial charge in [0.05, 0.1) is 12.2 Å². The van der Waals surface area contributed by atoms with Gasteiger partial charge in [0, 0.05) is 16.6 Å². The van der Waals surface area contributed by atoms with E-state index in [1.54, 1.807) is 12.1 Å². The molecule has 0 aromatic heterocycles. The van der Waals surface area contributed by atoms with Gasteiger partial charge in [0.25, 0.3) is 5.91 Å². The number of benzene rings is 2. The monoisotopic (exact) mass is 413 g/mol. The van der Waals surface area contributed by atoms with Crippen LogP contribution in [-0.4, -0.2) is 12.5 Å². The smallest absolute Gasteiger partial charge is 0.258 e. The second-order valence-electron chi connectivity index (χ2n) is 5.79. The Bertz CT molecular complexity index is 916. The van der Waals surface area contributed by atoms with Crippen LogP contribution in [0.3, 0.4) is 0 Å². The van der Waals surface area contributed by atoms with Gasteiger partial charge in [-0.05, 0) is 47.0 Å². The average Bonchev–Trinajstić information content (AvgIpc) is 3.06. The van der Waals surface area contributed by atoms with Gasteiger partial charge in [-0.15, -0.1) is 0 Å². The summed E-state index contributed by atoms with van der Waals surface area (Å²) < 4.78 is 20.0. The molecule has 0 aliphatic carbocycles. The zero-order chi connectivity index (χ0) is 18.7. The van der Waals surface area contributed by atoms with E-state index in [9.17, 15) is 9.18 Å². The third kappa shape index (κ3) is 3.78. The van der Waals surface area contributed by atoms with Gasteiger partial charge in [-0.3, -0.25) is 4.79 Å². The molecule has 5 heteroatoms. The van der Waals surface area contributed by atoms with Gasteiger partial charge in [0.15, 0.2) is 0 Å². The minimum Gasteiger partial charge on any atom is -0.493 e. The summed E-state index contributed by atoms with van der Waals surface area (Å²) in [6, 6.07) is 11.4. The molecular weight excluding hydrogens is 397 g/mol. The van der Waals surface area contributed by atoms with Crippen molar-refractivity contribution in [1.82, 2.24) is 0 Å². The molecule has 1 N–H and O–H groups in total. The van der Waals surface area contributed by atoms with Crippen LogP contribution in [-0.2, 0) is 11.2 Å². The summed E-state index contributed by atoms with van der Waals surface area (Å²) in [4.78, 5) is 12.1.